The van der Waals surface area contributed by atoms with E-state index in [1.807, 2.05) is 30.1 Å². The van der Waals surface area contributed by atoms with Crippen LogP contribution < -0.4 is 0 Å². The molecule has 0 aliphatic carbocycles. The summed E-state index contributed by atoms with van der Waals surface area (Å²) in [5.74, 6) is 0. The highest BCUT2D eigenvalue weighted by molar-refractivity contribution is 8.00. The molecule has 0 saturated heterocycles. The molecule has 0 amide bonds. The number of aldehydes is 1. The van der Waals surface area contributed by atoms with E-state index in [0.29, 0.717) is 0 Å². The minimum absolute atomic E-state index is 0.261. The predicted octanol–water partition coefficient (Wildman–Crippen LogP) is 3.22. The molecule has 0 aliphatic heterocycles. The standard InChI is InChI=1S/C12H19NOS/c1-4-12(5-2,15-3)10-13-8-6-7-11(13)9-14/h6-9H,4-5,10H2,1-3H3. The molecule has 0 bridgehead atoms. The summed E-state index contributed by atoms with van der Waals surface area (Å²) in [6.07, 6.45) is 7.32. The zero-order valence-electron chi connectivity index (χ0n) is 9.69. The molecular formula is C12H19NOS. The molecule has 0 aliphatic rings. The van der Waals surface area contributed by atoms with E-state index in [1.54, 1.807) is 0 Å². The molecule has 0 spiro atoms. The molecule has 1 aromatic heterocycles. The summed E-state index contributed by atoms with van der Waals surface area (Å²) >= 11 is 1.90. The monoisotopic (exact) mass is 225 g/mol. The van der Waals surface area contributed by atoms with E-state index in [0.717, 1.165) is 31.4 Å². The van der Waals surface area contributed by atoms with Crippen LogP contribution in [0.1, 0.15) is 37.2 Å². The minimum atomic E-state index is 0.261. The van der Waals surface area contributed by atoms with Crippen LogP contribution in [-0.4, -0.2) is 21.9 Å². The van der Waals surface area contributed by atoms with Crippen molar-refractivity contribution in [1.29, 1.82) is 0 Å². The molecule has 15 heavy (non-hydrogen) atoms. The molecule has 1 heterocycles. The zero-order chi connectivity index (χ0) is 11.3. The SMILES string of the molecule is CCC(CC)(Cn1cccc1C=O)SC. The van der Waals surface area contributed by atoms with Crippen molar-refractivity contribution in [1.82, 2.24) is 4.57 Å². The van der Waals surface area contributed by atoms with E-state index in [9.17, 15) is 4.79 Å². The van der Waals surface area contributed by atoms with Gasteiger partial charge in [-0.05, 0) is 31.2 Å². The van der Waals surface area contributed by atoms with E-state index in [1.165, 1.54) is 0 Å². The van der Waals surface area contributed by atoms with Crippen molar-refractivity contribution in [3.63, 3.8) is 0 Å². The Labute approximate surface area is 96.1 Å². The fraction of sp³-hybridized carbons (Fsp3) is 0.583. The Morgan fingerprint density at radius 3 is 2.60 bits per heavy atom. The summed E-state index contributed by atoms with van der Waals surface area (Å²) in [7, 11) is 0. The molecule has 84 valence electrons. The van der Waals surface area contributed by atoms with E-state index in [4.69, 9.17) is 0 Å². The van der Waals surface area contributed by atoms with Crippen molar-refractivity contribution in [2.75, 3.05) is 6.26 Å². The molecule has 1 aromatic rings. The number of carbonyl (C=O) groups is 1. The number of nitrogens with zero attached hydrogens (tertiary/aromatic N) is 1. The van der Waals surface area contributed by atoms with Crippen molar-refractivity contribution < 1.29 is 4.79 Å². The van der Waals surface area contributed by atoms with Crippen LogP contribution in [0.2, 0.25) is 0 Å². The molecule has 0 N–H and O–H groups in total. The smallest absolute Gasteiger partial charge is 0.166 e. The predicted molar refractivity (Wildman–Crippen MR) is 66.6 cm³/mol. The Hall–Kier alpha value is -0.700. The van der Waals surface area contributed by atoms with Gasteiger partial charge in [-0.2, -0.15) is 11.8 Å². The van der Waals surface area contributed by atoms with Gasteiger partial charge in [0.2, 0.25) is 0 Å². The van der Waals surface area contributed by atoms with E-state index < -0.39 is 0 Å². The summed E-state index contributed by atoms with van der Waals surface area (Å²) in [4.78, 5) is 10.8. The van der Waals surface area contributed by atoms with E-state index in [2.05, 4.69) is 24.7 Å². The molecule has 0 aromatic carbocycles. The van der Waals surface area contributed by atoms with Crippen molar-refractivity contribution in [2.24, 2.45) is 0 Å². The summed E-state index contributed by atoms with van der Waals surface area (Å²) in [6, 6.07) is 3.80. The van der Waals surface area contributed by atoms with Gasteiger partial charge in [-0.25, -0.2) is 0 Å². The maximum Gasteiger partial charge on any atom is 0.166 e. The van der Waals surface area contributed by atoms with Crippen molar-refractivity contribution in [3.8, 4) is 0 Å². The molecule has 0 fully saturated rings. The van der Waals surface area contributed by atoms with E-state index in [-0.39, 0.29) is 4.75 Å². The molecule has 0 saturated carbocycles. The third-order valence-electron chi connectivity index (χ3n) is 3.17. The van der Waals surface area contributed by atoms with Crippen LogP contribution in [0.5, 0.6) is 0 Å². The number of carbonyl (C=O) groups excluding carboxylic acids is 1. The van der Waals surface area contributed by atoms with Gasteiger partial charge in [-0.3, -0.25) is 4.79 Å². The second kappa shape index (κ2) is 5.40. The van der Waals surface area contributed by atoms with Gasteiger partial charge in [0.15, 0.2) is 6.29 Å². The quantitative estimate of drug-likeness (QED) is 0.693. The van der Waals surface area contributed by atoms with Gasteiger partial charge in [0, 0.05) is 17.5 Å². The van der Waals surface area contributed by atoms with Gasteiger partial charge in [0.1, 0.15) is 0 Å². The Balaban J connectivity index is 2.87. The number of hydrogen-bond donors (Lipinski definition) is 0. The van der Waals surface area contributed by atoms with Crippen LogP contribution in [0.25, 0.3) is 0 Å². The van der Waals surface area contributed by atoms with Gasteiger partial charge in [0.05, 0.1) is 5.69 Å². The van der Waals surface area contributed by atoms with Crippen LogP contribution in [-0.2, 0) is 6.54 Å². The highest BCUT2D eigenvalue weighted by Crippen LogP contribution is 2.32. The number of hydrogen-bond acceptors (Lipinski definition) is 2. The van der Waals surface area contributed by atoms with Gasteiger partial charge < -0.3 is 4.57 Å². The molecule has 0 atom stereocenters. The highest BCUT2D eigenvalue weighted by Gasteiger charge is 2.25. The van der Waals surface area contributed by atoms with Crippen LogP contribution in [0, 0.1) is 0 Å². The first kappa shape index (κ1) is 12.4. The minimum Gasteiger partial charge on any atom is -0.344 e. The summed E-state index contributed by atoms with van der Waals surface area (Å²) in [5.41, 5.74) is 0.773. The Morgan fingerprint density at radius 2 is 2.13 bits per heavy atom. The first-order chi connectivity index (χ1) is 7.21. The lowest BCUT2D eigenvalue weighted by atomic mass is 10.0. The summed E-state index contributed by atoms with van der Waals surface area (Å²) < 4.78 is 2.31. The zero-order valence-corrected chi connectivity index (χ0v) is 10.5. The average molecular weight is 225 g/mol. The average Bonchev–Trinajstić information content (AvgIpc) is 2.73. The van der Waals surface area contributed by atoms with Crippen LogP contribution in [0.4, 0.5) is 0 Å². The fourth-order valence-electron chi connectivity index (χ4n) is 1.82. The first-order valence-electron chi connectivity index (χ1n) is 5.36. The van der Waals surface area contributed by atoms with E-state index >= 15 is 0 Å². The Kier molecular flexibility index (Phi) is 4.45. The summed E-state index contributed by atoms with van der Waals surface area (Å²) in [5, 5.41) is 0. The number of aromatic nitrogens is 1. The maximum atomic E-state index is 10.8. The topological polar surface area (TPSA) is 22.0 Å². The molecular weight excluding hydrogens is 206 g/mol. The van der Waals surface area contributed by atoms with Crippen molar-refractivity contribution >= 4 is 18.0 Å². The van der Waals surface area contributed by atoms with Gasteiger partial charge >= 0.3 is 0 Å². The van der Waals surface area contributed by atoms with Crippen LogP contribution in [0.15, 0.2) is 18.3 Å². The molecule has 0 radical (unpaired) electrons. The lowest BCUT2D eigenvalue weighted by molar-refractivity contribution is 0.111. The second-order valence-electron chi connectivity index (χ2n) is 3.77. The first-order valence-corrected chi connectivity index (χ1v) is 6.59. The van der Waals surface area contributed by atoms with Crippen LogP contribution >= 0.6 is 11.8 Å². The number of rotatable bonds is 6. The molecule has 1 rings (SSSR count). The summed E-state index contributed by atoms with van der Waals surface area (Å²) in [6.45, 7) is 5.34. The normalized spacial score (nSPS) is 11.7. The fourth-order valence-corrected chi connectivity index (χ4v) is 2.66. The van der Waals surface area contributed by atoms with Crippen molar-refractivity contribution in [2.45, 2.75) is 38.0 Å². The third kappa shape index (κ3) is 2.65. The number of thioether (sulfide) groups is 1. The Morgan fingerprint density at radius 1 is 1.47 bits per heavy atom. The van der Waals surface area contributed by atoms with Crippen molar-refractivity contribution in [3.05, 3.63) is 24.0 Å². The highest BCUT2D eigenvalue weighted by atomic mass is 32.2. The lowest BCUT2D eigenvalue weighted by Crippen LogP contribution is -2.29. The lowest BCUT2D eigenvalue weighted by Gasteiger charge is -2.30. The molecule has 0 unspecified atom stereocenters. The van der Waals surface area contributed by atoms with Crippen LogP contribution in [0.3, 0.4) is 0 Å². The van der Waals surface area contributed by atoms with Gasteiger partial charge in [-0.1, -0.05) is 13.8 Å². The Bertz CT molecular complexity index is 307. The maximum absolute atomic E-state index is 10.8. The largest absolute Gasteiger partial charge is 0.344 e. The van der Waals surface area contributed by atoms with Gasteiger partial charge in [0.25, 0.3) is 0 Å². The molecule has 3 heteroatoms. The molecule has 2 nitrogen and oxygen atoms in total. The third-order valence-corrected chi connectivity index (χ3v) is 4.74. The van der Waals surface area contributed by atoms with Gasteiger partial charge in [-0.15, -0.1) is 0 Å². The second-order valence-corrected chi connectivity index (χ2v) is 5.05.